The van der Waals surface area contributed by atoms with Crippen LogP contribution >= 0.6 is 0 Å². The molecule has 1 nitrogen and oxygen atoms in total. The number of hydrogen-bond acceptors (Lipinski definition) is 1. The molecule has 0 aromatic heterocycles. The molecule has 1 aromatic carbocycles. The van der Waals surface area contributed by atoms with E-state index >= 15 is 0 Å². The zero-order chi connectivity index (χ0) is 9.47. The molecule has 0 spiro atoms. The van der Waals surface area contributed by atoms with Crippen LogP contribution in [0.1, 0.15) is 18.1 Å². The lowest BCUT2D eigenvalue weighted by molar-refractivity contribution is 0.559. The fourth-order valence-electron chi connectivity index (χ4n) is 1.73. The van der Waals surface area contributed by atoms with Crippen molar-refractivity contribution in [1.82, 2.24) is 0 Å². The van der Waals surface area contributed by atoms with E-state index in [4.69, 9.17) is 0 Å². The molecule has 13 heavy (non-hydrogen) atoms. The van der Waals surface area contributed by atoms with E-state index < -0.39 is 8.32 Å². The summed E-state index contributed by atoms with van der Waals surface area (Å²) in [6.45, 7) is 4.10. The molecule has 0 saturated carbocycles. The first kappa shape index (κ1) is 8.97. The number of rotatable bonds is 2. The summed E-state index contributed by atoms with van der Waals surface area (Å²) in [7, 11) is -2.07. The number of benzene rings is 1. The lowest BCUT2D eigenvalue weighted by atomic mass is 9.89. The van der Waals surface area contributed by atoms with Crippen molar-refractivity contribution in [2.45, 2.75) is 32.4 Å². The molecule has 0 aliphatic heterocycles. The Bertz CT molecular complexity index is 331. The first-order chi connectivity index (χ1) is 6.13. The van der Waals surface area contributed by atoms with Crippen LogP contribution in [0.3, 0.4) is 0 Å². The van der Waals surface area contributed by atoms with Gasteiger partial charge in [-0.1, -0.05) is 25.1 Å². The van der Waals surface area contributed by atoms with Crippen LogP contribution < -0.4 is 5.19 Å². The van der Waals surface area contributed by atoms with Gasteiger partial charge in [0, 0.05) is 0 Å². The Balaban J connectivity index is 2.36. The Kier molecular flexibility index (Phi) is 2.04. The largest absolute Gasteiger partial charge is 0.428 e. The second-order valence-electron chi connectivity index (χ2n) is 4.11. The van der Waals surface area contributed by atoms with E-state index in [1.165, 1.54) is 29.2 Å². The van der Waals surface area contributed by atoms with Crippen LogP contribution in [0.2, 0.25) is 12.6 Å². The molecule has 0 amide bonds. The van der Waals surface area contributed by atoms with Gasteiger partial charge in [-0.3, -0.25) is 0 Å². The molecule has 1 aromatic rings. The fraction of sp³-hybridized carbons (Fsp3) is 0.455. The maximum absolute atomic E-state index is 10.2. The molecule has 0 saturated heterocycles. The molecular formula is C11H16OSi. The smallest absolute Gasteiger partial charge is 0.216 e. The third-order valence-electron chi connectivity index (χ3n) is 3.18. The van der Waals surface area contributed by atoms with E-state index in [-0.39, 0.29) is 0 Å². The summed E-state index contributed by atoms with van der Waals surface area (Å²) in [6.07, 6.45) is 2.43. The van der Waals surface area contributed by atoms with Gasteiger partial charge in [0.15, 0.2) is 0 Å². The third-order valence-corrected chi connectivity index (χ3v) is 6.11. The minimum absolute atomic E-state index is 0.909. The Morgan fingerprint density at radius 3 is 2.46 bits per heavy atom. The molecule has 2 rings (SSSR count). The summed E-state index contributed by atoms with van der Waals surface area (Å²) in [5.74, 6) is 0. The van der Waals surface area contributed by atoms with Gasteiger partial charge in [0.1, 0.15) is 0 Å². The van der Waals surface area contributed by atoms with Crippen molar-refractivity contribution in [3.05, 3.63) is 29.3 Å². The first-order valence-electron chi connectivity index (χ1n) is 4.98. The second-order valence-corrected chi connectivity index (χ2v) is 7.94. The van der Waals surface area contributed by atoms with Crippen LogP contribution in [-0.2, 0) is 12.8 Å². The summed E-state index contributed by atoms with van der Waals surface area (Å²) in [5, 5.41) is 1.20. The van der Waals surface area contributed by atoms with Gasteiger partial charge in [0.2, 0.25) is 8.32 Å². The molecule has 0 bridgehead atoms. The minimum atomic E-state index is -2.07. The Hall–Kier alpha value is -0.603. The van der Waals surface area contributed by atoms with Crippen molar-refractivity contribution in [2.75, 3.05) is 0 Å². The lowest BCUT2D eigenvalue weighted by Gasteiger charge is -2.24. The van der Waals surface area contributed by atoms with Crippen molar-refractivity contribution in [3.8, 4) is 0 Å². The molecule has 1 aliphatic carbocycles. The van der Waals surface area contributed by atoms with Crippen LogP contribution in [-0.4, -0.2) is 13.1 Å². The van der Waals surface area contributed by atoms with Gasteiger partial charge >= 0.3 is 0 Å². The maximum atomic E-state index is 10.2. The van der Waals surface area contributed by atoms with Gasteiger partial charge < -0.3 is 4.80 Å². The van der Waals surface area contributed by atoms with E-state index in [1.54, 1.807) is 0 Å². The normalized spacial score (nSPS) is 18.7. The average Bonchev–Trinajstić information content (AvgIpc) is 2.07. The SMILES string of the molecule is CC[Si](C)(O)c1ccc2c(c1)CC2. The predicted octanol–water partition coefficient (Wildman–Crippen LogP) is 1.58. The van der Waals surface area contributed by atoms with E-state index in [0.29, 0.717) is 0 Å². The number of hydrogen-bond donors (Lipinski definition) is 1. The number of aryl methyl sites for hydroxylation is 2. The van der Waals surface area contributed by atoms with Crippen LogP contribution in [0.5, 0.6) is 0 Å². The van der Waals surface area contributed by atoms with E-state index in [9.17, 15) is 4.80 Å². The topological polar surface area (TPSA) is 20.2 Å². The summed E-state index contributed by atoms with van der Waals surface area (Å²) >= 11 is 0. The Labute approximate surface area is 80.5 Å². The molecule has 0 radical (unpaired) electrons. The van der Waals surface area contributed by atoms with Gasteiger partial charge in [-0.25, -0.2) is 0 Å². The highest BCUT2D eigenvalue weighted by Gasteiger charge is 2.26. The fourth-order valence-corrected chi connectivity index (χ4v) is 3.07. The summed E-state index contributed by atoms with van der Waals surface area (Å²) < 4.78 is 0. The second kappa shape index (κ2) is 2.96. The maximum Gasteiger partial charge on any atom is 0.216 e. The molecule has 1 atom stereocenters. The molecule has 0 fully saturated rings. The Morgan fingerprint density at radius 2 is 2.00 bits per heavy atom. The molecule has 2 heteroatoms. The van der Waals surface area contributed by atoms with E-state index in [2.05, 4.69) is 25.1 Å². The summed E-state index contributed by atoms with van der Waals surface area (Å²) in [5.41, 5.74) is 2.93. The molecule has 0 heterocycles. The quantitative estimate of drug-likeness (QED) is 0.705. The van der Waals surface area contributed by atoms with E-state index in [1.807, 2.05) is 6.55 Å². The standard InChI is InChI=1S/C11H16OSi/c1-3-13(2,12)11-7-6-9-4-5-10(9)8-11/h6-8,12H,3-5H2,1-2H3. The van der Waals surface area contributed by atoms with Gasteiger partial charge in [-0.2, -0.15) is 0 Å². The van der Waals surface area contributed by atoms with E-state index in [0.717, 1.165) is 6.04 Å². The average molecular weight is 192 g/mol. The lowest BCUT2D eigenvalue weighted by Crippen LogP contribution is -2.44. The zero-order valence-corrected chi connectivity index (χ0v) is 9.30. The van der Waals surface area contributed by atoms with Crippen molar-refractivity contribution in [3.63, 3.8) is 0 Å². The highest BCUT2D eigenvalue weighted by Crippen LogP contribution is 2.22. The molecule has 70 valence electrons. The third kappa shape index (κ3) is 1.44. The Morgan fingerprint density at radius 1 is 1.31 bits per heavy atom. The monoisotopic (exact) mass is 192 g/mol. The molecular weight excluding hydrogens is 176 g/mol. The van der Waals surface area contributed by atoms with Crippen molar-refractivity contribution < 1.29 is 4.80 Å². The molecule has 1 N–H and O–H groups in total. The van der Waals surface area contributed by atoms with Gasteiger partial charge in [0.05, 0.1) is 0 Å². The predicted molar refractivity (Wildman–Crippen MR) is 57.8 cm³/mol. The van der Waals surface area contributed by atoms with Crippen LogP contribution in [0.4, 0.5) is 0 Å². The molecule has 1 unspecified atom stereocenters. The van der Waals surface area contributed by atoms with Crippen LogP contribution in [0, 0.1) is 0 Å². The number of fused-ring (bicyclic) bond motifs is 1. The van der Waals surface area contributed by atoms with Crippen molar-refractivity contribution >= 4 is 13.5 Å². The highest BCUT2D eigenvalue weighted by atomic mass is 28.4. The van der Waals surface area contributed by atoms with Gasteiger partial charge in [0.25, 0.3) is 0 Å². The van der Waals surface area contributed by atoms with Gasteiger partial charge in [-0.05, 0) is 41.7 Å². The van der Waals surface area contributed by atoms with Gasteiger partial charge in [-0.15, -0.1) is 0 Å². The summed E-state index contributed by atoms with van der Waals surface area (Å²) in [6, 6.07) is 7.43. The van der Waals surface area contributed by atoms with Crippen LogP contribution in [0.25, 0.3) is 0 Å². The minimum Gasteiger partial charge on any atom is -0.428 e. The highest BCUT2D eigenvalue weighted by molar-refractivity contribution is 6.84. The zero-order valence-electron chi connectivity index (χ0n) is 8.30. The molecule has 1 aliphatic rings. The first-order valence-corrected chi connectivity index (χ1v) is 7.63. The van der Waals surface area contributed by atoms with Crippen LogP contribution in [0.15, 0.2) is 18.2 Å². The summed E-state index contributed by atoms with van der Waals surface area (Å²) in [4.78, 5) is 10.2. The van der Waals surface area contributed by atoms with Crippen molar-refractivity contribution in [1.29, 1.82) is 0 Å². The van der Waals surface area contributed by atoms with Crippen molar-refractivity contribution in [2.24, 2.45) is 0 Å².